The molecule has 0 amide bonds. The molecule has 0 saturated carbocycles. The SMILES string of the molecule is CC(C)c1nc(Cl)c2n1C(C)CCC2. The third-order valence-corrected chi connectivity index (χ3v) is 3.28. The average molecular weight is 213 g/mol. The van der Waals surface area contributed by atoms with Crippen LogP contribution in [-0.4, -0.2) is 9.55 Å². The van der Waals surface area contributed by atoms with Gasteiger partial charge in [-0.2, -0.15) is 0 Å². The van der Waals surface area contributed by atoms with Crippen LogP contribution < -0.4 is 0 Å². The quantitative estimate of drug-likeness (QED) is 0.696. The summed E-state index contributed by atoms with van der Waals surface area (Å²) in [5, 5.41) is 0.722. The fraction of sp³-hybridized carbons (Fsp3) is 0.727. The van der Waals surface area contributed by atoms with E-state index < -0.39 is 0 Å². The Morgan fingerprint density at radius 3 is 2.86 bits per heavy atom. The lowest BCUT2D eigenvalue weighted by Gasteiger charge is -2.25. The smallest absolute Gasteiger partial charge is 0.150 e. The number of fused-ring (bicyclic) bond motifs is 1. The third kappa shape index (κ3) is 1.46. The first-order chi connectivity index (χ1) is 6.61. The van der Waals surface area contributed by atoms with Gasteiger partial charge in [-0.1, -0.05) is 25.4 Å². The van der Waals surface area contributed by atoms with Gasteiger partial charge in [0.05, 0.1) is 5.69 Å². The van der Waals surface area contributed by atoms with Gasteiger partial charge >= 0.3 is 0 Å². The van der Waals surface area contributed by atoms with Crippen LogP contribution in [0.2, 0.25) is 5.15 Å². The summed E-state index contributed by atoms with van der Waals surface area (Å²) in [6, 6.07) is 0.566. The molecule has 0 bridgehead atoms. The van der Waals surface area contributed by atoms with Crippen LogP contribution in [0, 0.1) is 0 Å². The highest BCUT2D eigenvalue weighted by atomic mass is 35.5. The summed E-state index contributed by atoms with van der Waals surface area (Å²) in [6.45, 7) is 6.60. The van der Waals surface area contributed by atoms with Gasteiger partial charge in [0.15, 0.2) is 5.15 Å². The fourth-order valence-corrected chi connectivity index (χ4v) is 2.55. The molecule has 0 saturated heterocycles. The molecule has 1 atom stereocenters. The minimum absolute atomic E-state index is 0.460. The molecular formula is C11H17ClN2. The molecule has 0 aliphatic carbocycles. The Balaban J connectivity index is 2.53. The molecule has 1 aliphatic rings. The predicted octanol–water partition coefficient (Wildman–Crippen LogP) is 3.56. The predicted molar refractivity (Wildman–Crippen MR) is 59.0 cm³/mol. The molecule has 1 aromatic heterocycles. The van der Waals surface area contributed by atoms with Crippen LogP contribution in [0.25, 0.3) is 0 Å². The standard InChI is InChI=1S/C11H17ClN2/c1-7(2)11-13-10(12)9-6-4-5-8(3)14(9)11/h7-8H,4-6H2,1-3H3. The third-order valence-electron chi connectivity index (χ3n) is 2.98. The second-order valence-electron chi connectivity index (χ2n) is 4.47. The topological polar surface area (TPSA) is 17.8 Å². The van der Waals surface area contributed by atoms with Gasteiger partial charge in [-0.3, -0.25) is 0 Å². The van der Waals surface area contributed by atoms with Crippen molar-refractivity contribution in [2.75, 3.05) is 0 Å². The Morgan fingerprint density at radius 2 is 2.21 bits per heavy atom. The van der Waals surface area contributed by atoms with Gasteiger partial charge in [0, 0.05) is 12.0 Å². The summed E-state index contributed by atoms with van der Waals surface area (Å²) in [4.78, 5) is 4.47. The van der Waals surface area contributed by atoms with E-state index in [-0.39, 0.29) is 0 Å². The molecule has 1 aliphatic heterocycles. The van der Waals surface area contributed by atoms with Crippen molar-refractivity contribution in [1.82, 2.24) is 9.55 Å². The minimum atomic E-state index is 0.460. The van der Waals surface area contributed by atoms with Crippen molar-refractivity contribution in [2.45, 2.75) is 52.0 Å². The van der Waals surface area contributed by atoms with Gasteiger partial charge in [-0.15, -0.1) is 0 Å². The van der Waals surface area contributed by atoms with Gasteiger partial charge in [0.1, 0.15) is 5.82 Å². The molecule has 78 valence electrons. The second-order valence-corrected chi connectivity index (χ2v) is 4.83. The zero-order valence-electron chi connectivity index (χ0n) is 9.05. The van der Waals surface area contributed by atoms with E-state index in [1.807, 2.05) is 0 Å². The van der Waals surface area contributed by atoms with Crippen molar-refractivity contribution < 1.29 is 0 Å². The summed E-state index contributed by atoms with van der Waals surface area (Å²) < 4.78 is 2.34. The van der Waals surface area contributed by atoms with Crippen LogP contribution in [0.4, 0.5) is 0 Å². The Kier molecular flexibility index (Phi) is 2.56. The fourth-order valence-electron chi connectivity index (χ4n) is 2.27. The summed E-state index contributed by atoms with van der Waals surface area (Å²) in [5.74, 6) is 1.61. The number of hydrogen-bond acceptors (Lipinski definition) is 1. The molecule has 0 radical (unpaired) electrons. The Bertz CT molecular complexity index is 341. The van der Waals surface area contributed by atoms with Crippen molar-refractivity contribution in [3.8, 4) is 0 Å². The zero-order valence-corrected chi connectivity index (χ0v) is 9.80. The molecule has 14 heavy (non-hydrogen) atoms. The molecule has 2 heterocycles. The highest BCUT2D eigenvalue weighted by Crippen LogP contribution is 2.33. The summed E-state index contributed by atoms with van der Waals surface area (Å²) in [6.07, 6.45) is 3.58. The molecule has 1 unspecified atom stereocenters. The van der Waals surface area contributed by atoms with Crippen LogP contribution >= 0.6 is 11.6 Å². The molecule has 1 aromatic rings. The van der Waals surface area contributed by atoms with E-state index in [1.165, 1.54) is 18.5 Å². The van der Waals surface area contributed by atoms with Crippen LogP contribution in [0.3, 0.4) is 0 Å². The van der Waals surface area contributed by atoms with Crippen molar-refractivity contribution >= 4 is 11.6 Å². The Hall–Kier alpha value is -0.500. The van der Waals surface area contributed by atoms with E-state index in [2.05, 4.69) is 30.3 Å². The van der Waals surface area contributed by atoms with Crippen molar-refractivity contribution in [3.63, 3.8) is 0 Å². The molecule has 0 fully saturated rings. The minimum Gasteiger partial charge on any atom is -0.328 e. The number of imidazole rings is 1. The lowest BCUT2D eigenvalue weighted by Crippen LogP contribution is -2.17. The van der Waals surface area contributed by atoms with Crippen molar-refractivity contribution in [3.05, 3.63) is 16.7 Å². The normalized spacial score (nSPS) is 21.4. The summed E-state index contributed by atoms with van der Waals surface area (Å²) in [5.41, 5.74) is 1.24. The van der Waals surface area contributed by atoms with E-state index in [9.17, 15) is 0 Å². The maximum atomic E-state index is 6.14. The monoisotopic (exact) mass is 212 g/mol. The van der Waals surface area contributed by atoms with Crippen LogP contribution in [-0.2, 0) is 6.42 Å². The summed E-state index contributed by atoms with van der Waals surface area (Å²) in [7, 11) is 0. The average Bonchev–Trinajstić information content (AvgIpc) is 2.46. The number of hydrogen-bond donors (Lipinski definition) is 0. The lowest BCUT2D eigenvalue weighted by molar-refractivity contribution is 0.413. The largest absolute Gasteiger partial charge is 0.328 e. The van der Waals surface area contributed by atoms with Crippen molar-refractivity contribution in [1.29, 1.82) is 0 Å². The number of halogens is 1. The second kappa shape index (κ2) is 3.58. The first kappa shape index (κ1) is 10.0. The molecule has 3 heteroatoms. The van der Waals surface area contributed by atoms with Gasteiger partial charge in [0.2, 0.25) is 0 Å². The Morgan fingerprint density at radius 1 is 1.50 bits per heavy atom. The molecule has 2 nitrogen and oxygen atoms in total. The summed E-state index contributed by atoms with van der Waals surface area (Å²) >= 11 is 6.14. The number of rotatable bonds is 1. The molecular weight excluding hydrogens is 196 g/mol. The maximum absolute atomic E-state index is 6.14. The van der Waals surface area contributed by atoms with Crippen LogP contribution in [0.5, 0.6) is 0 Å². The van der Waals surface area contributed by atoms with E-state index in [0.29, 0.717) is 12.0 Å². The zero-order chi connectivity index (χ0) is 10.3. The van der Waals surface area contributed by atoms with Gasteiger partial charge in [-0.25, -0.2) is 4.98 Å². The van der Waals surface area contributed by atoms with Gasteiger partial charge < -0.3 is 4.57 Å². The van der Waals surface area contributed by atoms with Crippen LogP contribution in [0.1, 0.15) is 57.1 Å². The van der Waals surface area contributed by atoms with Crippen molar-refractivity contribution in [2.24, 2.45) is 0 Å². The molecule has 2 rings (SSSR count). The van der Waals surface area contributed by atoms with E-state index in [1.54, 1.807) is 0 Å². The van der Waals surface area contributed by atoms with E-state index in [0.717, 1.165) is 17.4 Å². The molecule has 0 spiro atoms. The van der Waals surface area contributed by atoms with Crippen LogP contribution in [0.15, 0.2) is 0 Å². The highest BCUT2D eigenvalue weighted by molar-refractivity contribution is 6.30. The molecule has 0 aromatic carbocycles. The number of nitrogens with zero attached hydrogens (tertiary/aromatic N) is 2. The van der Waals surface area contributed by atoms with E-state index >= 15 is 0 Å². The first-order valence-corrected chi connectivity index (χ1v) is 5.75. The van der Waals surface area contributed by atoms with Gasteiger partial charge in [0.25, 0.3) is 0 Å². The number of aromatic nitrogens is 2. The van der Waals surface area contributed by atoms with Gasteiger partial charge in [-0.05, 0) is 26.2 Å². The Labute approximate surface area is 90.3 Å². The maximum Gasteiger partial charge on any atom is 0.150 e. The first-order valence-electron chi connectivity index (χ1n) is 5.37. The van der Waals surface area contributed by atoms with E-state index in [4.69, 9.17) is 11.6 Å². The highest BCUT2D eigenvalue weighted by Gasteiger charge is 2.24. The lowest BCUT2D eigenvalue weighted by atomic mass is 10.0. The molecule has 0 N–H and O–H groups in total.